The summed E-state index contributed by atoms with van der Waals surface area (Å²) in [6.45, 7) is 6.45. The van der Waals surface area contributed by atoms with Crippen molar-refractivity contribution in [1.29, 1.82) is 0 Å². The highest BCUT2D eigenvalue weighted by Crippen LogP contribution is 2.70. The predicted molar refractivity (Wildman–Crippen MR) is 104 cm³/mol. The van der Waals surface area contributed by atoms with E-state index in [1.54, 1.807) is 6.08 Å². The number of allylic oxidation sites excluding steroid dienone is 1. The summed E-state index contributed by atoms with van der Waals surface area (Å²) < 4.78 is 22.6. The Morgan fingerprint density at radius 3 is 2.45 bits per heavy atom. The van der Waals surface area contributed by atoms with E-state index in [0.29, 0.717) is 32.1 Å². The third-order valence-electron chi connectivity index (χ3n) is 9.05. The number of esters is 1. The third-order valence-corrected chi connectivity index (χ3v) is 9.05. The molecule has 0 heterocycles. The molecule has 160 valence electrons. The summed E-state index contributed by atoms with van der Waals surface area (Å²) in [5.74, 6) is -1.35. The number of alkyl halides is 1. The van der Waals surface area contributed by atoms with Crippen molar-refractivity contribution in [3.05, 3.63) is 11.6 Å². The zero-order valence-electron chi connectivity index (χ0n) is 17.7. The molecule has 0 aliphatic heterocycles. The van der Waals surface area contributed by atoms with Gasteiger partial charge in [0.25, 0.3) is 0 Å². The van der Waals surface area contributed by atoms with Crippen molar-refractivity contribution in [2.24, 2.45) is 22.7 Å². The van der Waals surface area contributed by atoms with Crippen LogP contribution in [0.15, 0.2) is 11.6 Å². The van der Waals surface area contributed by atoms with Crippen molar-refractivity contribution in [2.75, 3.05) is 0 Å². The molecule has 3 fully saturated rings. The minimum absolute atomic E-state index is 0.0287. The second kappa shape index (κ2) is 6.22. The molecule has 0 bridgehead atoms. The number of rotatable bonds is 2. The van der Waals surface area contributed by atoms with Crippen LogP contribution in [0.25, 0.3) is 0 Å². The molecular weight excluding hydrogens is 375 g/mol. The summed E-state index contributed by atoms with van der Waals surface area (Å²) in [5.41, 5.74) is -4.05. The molecule has 7 atom stereocenters. The van der Waals surface area contributed by atoms with Crippen molar-refractivity contribution < 1.29 is 28.6 Å². The second-order valence-electron chi connectivity index (χ2n) is 10.1. The van der Waals surface area contributed by atoms with Gasteiger partial charge in [0.2, 0.25) is 0 Å². The molecule has 4 rings (SSSR count). The first kappa shape index (κ1) is 20.7. The van der Waals surface area contributed by atoms with E-state index < -0.39 is 40.1 Å². The number of hydrogen-bond donors (Lipinski definition) is 1. The Kier molecular flexibility index (Phi) is 4.44. The van der Waals surface area contributed by atoms with Gasteiger partial charge in [0, 0.05) is 30.1 Å². The highest BCUT2D eigenvalue weighted by atomic mass is 19.1. The predicted octanol–water partition coefficient (Wildman–Crippen LogP) is 3.47. The largest absolute Gasteiger partial charge is 0.451 e. The lowest BCUT2D eigenvalue weighted by atomic mass is 9.44. The van der Waals surface area contributed by atoms with Gasteiger partial charge < -0.3 is 9.84 Å². The minimum Gasteiger partial charge on any atom is -0.451 e. The Morgan fingerprint density at radius 2 is 1.83 bits per heavy atom. The van der Waals surface area contributed by atoms with E-state index in [1.165, 1.54) is 13.8 Å². The van der Waals surface area contributed by atoms with Gasteiger partial charge in [-0.25, -0.2) is 4.39 Å². The molecule has 0 spiro atoms. The van der Waals surface area contributed by atoms with Gasteiger partial charge >= 0.3 is 5.97 Å². The minimum atomic E-state index is -1.86. The summed E-state index contributed by atoms with van der Waals surface area (Å²) in [7, 11) is 0. The van der Waals surface area contributed by atoms with E-state index in [1.807, 2.05) is 13.8 Å². The van der Waals surface area contributed by atoms with Crippen LogP contribution in [-0.4, -0.2) is 40.0 Å². The Hall–Kier alpha value is -1.56. The smallest absolute Gasteiger partial charge is 0.303 e. The van der Waals surface area contributed by atoms with Crippen LogP contribution >= 0.6 is 0 Å². The number of ether oxygens (including phenoxy) is 1. The maximum absolute atomic E-state index is 17.0. The highest BCUT2D eigenvalue weighted by molar-refractivity contribution is 5.92. The van der Waals surface area contributed by atoms with E-state index in [0.717, 1.165) is 5.57 Å². The maximum Gasteiger partial charge on any atom is 0.303 e. The molecule has 0 saturated heterocycles. The van der Waals surface area contributed by atoms with Crippen LogP contribution in [0.2, 0.25) is 0 Å². The molecule has 0 amide bonds. The van der Waals surface area contributed by atoms with Gasteiger partial charge in [-0.2, -0.15) is 0 Å². The van der Waals surface area contributed by atoms with E-state index in [-0.39, 0.29) is 30.3 Å². The van der Waals surface area contributed by atoms with E-state index >= 15 is 4.39 Å². The summed E-state index contributed by atoms with van der Waals surface area (Å²) in [4.78, 5) is 36.6. The molecule has 4 aliphatic carbocycles. The number of carbonyl (C=O) groups is 3. The second-order valence-corrected chi connectivity index (χ2v) is 10.1. The molecule has 0 aromatic carbocycles. The summed E-state index contributed by atoms with van der Waals surface area (Å²) in [6.07, 6.45) is 3.15. The summed E-state index contributed by atoms with van der Waals surface area (Å²) >= 11 is 0. The Bertz CT molecular complexity index is 820. The van der Waals surface area contributed by atoms with E-state index in [2.05, 4.69) is 0 Å². The van der Waals surface area contributed by atoms with Gasteiger partial charge in [-0.15, -0.1) is 0 Å². The fourth-order valence-electron chi connectivity index (χ4n) is 7.62. The molecule has 3 saturated carbocycles. The van der Waals surface area contributed by atoms with Crippen LogP contribution in [0.3, 0.4) is 0 Å². The van der Waals surface area contributed by atoms with Crippen LogP contribution in [0.5, 0.6) is 0 Å². The van der Waals surface area contributed by atoms with Gasteiger partial charge in [0.05, 0.1) is 6.10 Å². The van der Waals surface area contributed by atoms with Crippen LogP contribution < -0.4 is 0 Å². The maximum atomic E-state index is 17.0. The highest BCUT2D eigenvalue weighted by Gasteiger charge is 2.75. The molecule has 0 radical (unpaired) electrons. The zero-order valence-corrected chi connectivity index (χ0v) is 17.7. The molecule has 0 unspecified atom stereocenters. The van der Waals surface area contributed by atoms with Gasteiger partial charge in [0.1, 0.15) is 5.67 Å². The number of aliphatic hydroxyl groups is 1. The van der Waals surface area contributed by atoms with Crippen molar-refractivity contribution in [3.8, 4) is 0 Å². The summed E-state index contributed by atoms with van der Waals surface area (Å²) in [5, 5.41) is 11.3. The van der Waals surface area contributed by atoms with Crippen molar-refractivity contribution in [1.82, 2.24) is 0 Å². The topological polar surface area (TPSA) is 80.7 Å². The molecule has 5 nitrogen and oxygen atoms in total. The third kappa shape index (κ3) is 2.38. The van der Waals surface area contributed by atoms with Gasteiger partial charge in [-0.05, 0) is 57.4 Å². The van der Waals surface area contributed by atoms with Crippen LogP contribution in [0.1, 0.15) is 72.6 Å². The molecule has 4 aliphatic rings. The first-order valence-corrected chi connectivity index (χ1v) is 10.7. The lowest BCUT2D eigenvalue weighted by Gasteiger charge is -2.63. The molecular formula is C23H31FO5. The average Bonchev–Trinajstić information content (AvgIpc) is 2.90. The molecule has 29 heavy (non-hydrogen) atoms. The standard InChI is InChI=1S/C23H31FO5/c1-13(25)22(29-14(2)26)10-8-17-18-6-5-15-11-16(27)7-9-20(15,3)23(18,24)19(28)12-21(17,22)4/h11,17-19,28H,5-10,12H2,1-4H3/t17-,18-,19-,20-,21-,22-,23-/m0/s1. The van der Waals surface area contributed by atoms with Crippen molar-refractivity contribution in [2.45, 2.75) is 90.0 Å². The molecule has 0 aromatic rings. The van der Waals surface area contributed by atoms with Crippen LogP contribution in [0.4, 0.5) is 4.39 Å². The normalized spacial score (nSPS) is 48.8. The number of fused-ring (bicyclic) bond motifs is 5. The fourth-order valence-corrected chi connectivity index (χ4v) is 7.62. The Labute approximate surface area is 171 Å². The average molecular weight is 406 g/mol. The van der Waals surface area contributed by atoms with Gasteiger partial charge in [-0.3, -0.25) is 14.4 Å². The molecule has 1 N–H and O–H groups in total. The number of ketones is 2. The lowest BCUT2D eigenvalue weighted by Crippen LogP contribution is -2.69. The van der Waals surface area contributed by atoms with Gasteiger partial charge in [-0.1, -0.05) is 19.4 Å². The SMILES string of the molecule is CC(=O)O[C@]1(C(C)=O)CC[C@H]2[C@@H]3CCC4=CC(=O)CC[C@]4(C)[C@@]3(F)[C@@H](O)C[C@@]21C. The summed E-state index contributed by atoms with van der Waals surface area (Å²) in [6, 6.07) is 0. The number of aliphatic hydroxyl groups excluding tert-OH is 1. The first-order valence-electron chi connectivity index (χ1n) is 10.7. The number of halogens is 1. The molecule has 0 aromatic heterocycles. The monoisotopic (exact) mass is 406 g/mol. The zero-order chi connectivity index (χ0) is 21.4. The number of Topliss-reactive ketones (excluding diaryl/α,β-unsaturated/α-hetero) is 1. The van der Waals surface area contributed by atoms with Crippen molar-refractivity contribution >= 4 is 17.5 Å². The lowest BCUT2D eigenvalue weighted by molar-refractivity contribution is -0.231. The van der Waals surface area contributed by atoms with Crippen LogP contribution in [-0.2, 0) is 19.1 Å². The first-order chi connectivity index (χ1) is 13.4. The number of carbonyl (C=O) groups excluding carboxylic acids is 3. The molecule has 6 heteroatoms. The van der Waals surface area contributed by atoms with E-state index in [4.69, 9.17) is 4.74 Å². The number of hydrogen-bond acceptors (Lipinski definition) is 5. The fraction of sp³-hybridized carbons (Fsp3) is 0.783. The van der Waals surface area contributed by atoms with Gasteiger partial charge in [0.15, 0.2) is 17.2 Å². The van der Waals surface area contributed by atoms with Crippen LogP contribution in [0, 0.1) is 22.7 Å². The van der Waals surface area contributed by atoms with E-state index in [9.17, 15) is 19.5 Å². The quantitative estimate of drug-likeness (QED) is 0.710. The Morgan fingerprint density at radius 1 is 1.14 bits per heavy atom. The Balaban J connectivity index is 1.81. The van der Waals surface area contributed by atoms with Crippen molar-refractivity contribution in [3.63, 3.8) is 0 Å².